The van der Waals surface area contributed by atoms with Crippen LogP contribution in [0.3, 0.4) is 0 Å². The third-order valence-corrected chi connectivity index (χ3v) is 3.17. The largest absolute Gasteiger partial charge is 0.418 e. The van der Waals surface area contributed by atoms with E-state index in [1.54, 1.807) is 0 Å². The van der Waals surface area contributed by atoms with Gasteiger partial charge in [0.1, 0.15) is 11.7 Å². The van der Waals surface area contributed by atoms with Crippen molar-refractivity contribution in [1.82, 2.24) is 15.6 Å². The predicted molar refractivity (Wildman–Crippen MR) is 67.4 cm³/mol. The Balaban J connectivity index is 2.19. The van der Waals surface area contributed by atoms with Crippen LogP contribution in [0.15, 0.2) is 18.3 Å². The van der Waals surface area contributed by atoms with Crippen molar-refractivity contribution in [1.29, 1.82) is 0 Å². The van der Waals surface area contributed by atoms with E-state index >= 15 is 0 Å². The Bertz CT molecular complexity index is 546. The fraction of sp³-hybridized carbons (Fsp3) is 0.462. The molecule has 114 valence electrons. The number of hydrogen-bond acceptors (Lipinski definition) is 3. The monoisotopic (exact) mass is 301 g/mol. The van der Waals surface area contributed by atoms with Crippen molar-refractivity contribution >= 4 is 11.8 Å². The van der Waals surface area contributed by atoms with Crippen LogP contribution in [-0.4, -0.2) is 29.4 Å². The van der Waals surface area contributed by atoms with E-state index in [4.69, 9.17) is 0 Å². The zero-order chi connectivity index (χ0) is 15.5. The number of hydrogen-bond donors (Lipinski definition) is 2. The average Bonchev–Trinajstić information content (AvgIpc) is 2.63. The maximum absolute atomic E-state index is 12.8. The molecule has 0 radical (unpaired) electrons. The smallest absolute Gasteiger partial charge is 0.354 e. The third-order valence-electron chi connectivity index (χ3n) is 3.17. The summed E-state index contributed by atoms with van der Waals surface area (Å²) in [5.74, 6) is -1.38. The summed E-state index contributed by atoms with van der Waals surface area (Å²) in [5.41, 5.74) is -1.83. The number of nitrogens with one attached hydrogen (secondary N) is 2. The summed E-state index contributed by atoms with van der Waals surface area (Å²) >= 11 is 0. The predicted octanol–water partition coefficient (Wildman–Crippen LogP) is 1.50. The Morgan fingerprint density at radius 3 is 2.86 bits per heavy atom. The highest BCUT2D eigenvalue weighted by atomic mass is 19.4. The fourth-order valence-electron chi connectivity index (χ4n) is 2.12. The van der Waals surface area contributed by atoms with Gasteiger partial charge in [-0.25, -0.2) is 0 Å². The number of rotatable bonds is 2. The number of amides is 2. The lowest BCUT2D eigenvalue weighted by molar-refractivity contribution is -0.138. The second-order valence-electron chi connectivity index (χ2n) is 4.71. The molecule has 5 nitrogen and oxygen atoms in total. The number of alkyl halides is 3. The van der Waals surface area contributed by atoms with Crippen LogP contribution in [0.25, 0.3) is 0 Å². The molecule has 0 spiro atoms. The molecule has 1 saturated heterocycles. The molecule has 1 aromatic rings. The quantitative estimate of drug-likeness (QED) is 0.869. The Morgan fingerprint density at radius 1 is 1.38 bits per heavy atom. The van der Waals surface area contributed by atoms with Gasteiger partial charge in [0.2, 0.25) is 5.91 Å². The number of nitrogens with zero attached hydrogens (tertiary/aromatic N) is 1. The topological polar surface area (TPSA) is 71.1 Å². The molecular formula is C13H14F3N3O2. The van der Waals surface area contributed by atoms with E-state index in [1.807, 2.05) is 0 Å². The summed E-state index contributed by atoms with van der Waals surface area (Å²) in [6.45, 7) is 0.503. The molecule has 2 heterocycles. The van der Waals surface area contributed by atoms with E-state index in [-0.39, 0.29) is 5.91 Å². The summed E-state index contributed by atoms with van der Waals surface area (Å²) in [6, 6.07) is 1.07. The molecule has 1 unspecified atom stereocenters. The third kappa shape index (κ3) is 3.71. The van der Waals surface area contributed by atoms with Crippen molar-refractivity contribution < 1.29 is 22.8 Å². The molecule has 2 N–H and O–H groups in total. The van der Waals surface area contributed by atoms with E-state index < -0.39 is 29.4 Å². The molecule has 8 heteroatoms. The lowest BCUT2D eigenvalue weighted by Gasteiger charge is -2.16. The van der Waals surface area contributed by atoms with E-state index in [2.05, 4.69) is 15.6 Å². The van der Waals surface area contributed by atoms with Gasteiger partial charge in [-0.1, -0.05) is 0 Å². The zero-order valence-electron chi connectivity index (χ0n) is 11.0. The van der Waals surface area contributed by atoms with Gasteiger partial charge in [0.25, 0.3) is 5.91 Å². The summed E-state index contributed by atoms with van der Waals surface area (Å²) in [7, 11) is 0. The minimum Gasteiger partial charge on any atom is -0.354 e. The number of carbonyl (C=O) groups is 2. The molecule has 1 fully saturated rings. The summed E-state index contributed by atoms with van der Waals surface area (Å²) in [6.07, 6.45) is -1.69. The second kappa shape index (κ2) is 6.11. The molecule has 2 rings (SSSR count). The van der Waals surface area contributed by atoms with Gasteiger partial charge in [0.05, 0.1) is 5.56 Å². The molecule has 1 aliphatic rings. The number of aromatic nitrogens is 1. The summed E-state index contributed by atoms with van der Waals surface area (Å²) in [5, 5.41) is 4.92. The Labute approximate surface area is 118 Å². The van der Waals surface area contributed by atoms with Gasteiger partial charge < -0.3 is 10.6 Å². The fourth-order valence-corrected chi connectivity index (χ4v) is 2.12. The average molecular weight is 301 g/mol. The van der Waals surface area contributed by atoms with Crippen molar-refractivity contribution in [2.75, 3.05) is 6.54 Å². The number of halogens is 3. The lowest BCUT2D eigenvalue weighted by Crippen LogP contribution is -2.46. The van der Waals surface area contributed by atoms with Crippen LogP contribution in [0.2, 0.25) is 0 Å². The van der Waals surface area contributed by atoms with Crippen molar-refractivity contribution in [3.05, 3.63) is 29.6 Å². The molecule has 2 amide bonds. The molecule has 1 atom stereocenters. The maximum atomic E-state index is 12.8. The minimum absolute atomic E-state index is 0.384. The lowest BCUT2D eigenvalue weighted by atomic mass is 10.1. The van der Waals surface area contributed by atoms with Crippen LogP contribution in [0.5, 0.6) is 0 Å². The van der Waals surface area contributed by atoms with Gasteiger partial charge in [-0.3, -0.25) is 14.6 Å². The first-order chi connectivity index (χ1) is 9.89. The van der Waals surface area contributed by atoms with Crippen LogP contribution in [0.4, 0.5) is 13.2 Å². The molecule has 0 bridgehead atoms. The molecule has 1 aromatic heterocycles. The zero-order valence-corrected chi connectivity index (χ0v) is 11.0. The first kappa shape index (κ1) is 15.3. The first-order valence-electron chi connectivity index (χ1n) is 6.50. The van der Waals surface area contributed by atoms with Crippen molar-refractivity contribution in [2.24, 2.45) is 0 Å². The molecular weight excluding hydrogens is 287 g/mol. The van der Waals surface area contributed by atoms with Crippen LogP contribution >= 0.6 is 0 Å². The molecule has 0 aliphatic carbocycles. The molecule has 0 aromatic carbocycles. The maximum Gasteiger partial charge on any atom is 0.418 e. The van der Waals surface area contributed by atoms with Gasteiger partial charge >= 0.3 is 6.18 Å². The number of carbonyl (C=O) groups excluding carboxylic acids is 2. The Morgan fingerprint density at radius 2 is 2.14 bits per heavy atom. The van der Waals surface area contributed by atoms with Gasteiger partial charge in [0.15, 0.2) is 0 Å². The minimum atomic E-state index is -4.67. The van der Waals surface area contributed by atoms with E-state index in [0.29, 0.717) is 19.4 Å². The van der Waals surface area contributed by atoms with Crippen molar-refractivity contribution in [2.45, 2.75) is 31.5 Å². The van der Waals surface area contributed by atoms with Gasteiger partial charge in [-0.05, 0) is 31.4 Å². The highest BCUT2D eigenvalue weighted by Crippen LogP contribution is 2.30. The summed E-state index contributed by atoms with van der Waals surface area (Å²) in [4.78, 5) is 27.2. The first-order valence-corrected chi connectivity index (χ1v) is 6.50. The van der Waals surface area contributed by atoms with Gasteiger partial charge in [-0.15, -0.1) is 0 Å². The summed E-state index contributed by atoms with van der Waals surface area (Å²) < 4.78 is 38.5. The highest BCUT2D eigenvalue weighted by Gasteiger charge is 2.36. The number of pyridine rings is 1. The Kier molecular flexibility index (Phi) is 4.44. The van der Waals surface area contributed by atoms with Crippen LogP contribution < -0.4 is 10.6 Å². The van der Waals surface area contributed by atoms with E-state index in [1.165, 1.54) is 0 Å². The van der Waals surface area contributed by atoms with Crippen LogP contribution in [0, 0.1) is 0 Å². The molecule has 21 heavy (non-hydrogen) atoms. The molecule has 1 aliphatic heterocycles. The standard InChI is InChI=1S/C13H14F3N3O2/c14-13(15,16)8-4-3-7-17-10(8)12(21)19-9-5-1-2-6-18-11(9)20/h3-4,7,9H,1-2,5-6H2,(H,18,20)(H,19,21). The highest BCUT2D eigenvalue weighted by molar-refractivity contribution is 5.97. The van der Waals surface area contributed by atoms with E-state index in [0.717, 1.165) is 24.8 Å². The van der Waals surface area contributed by atoms with Crippen LogP contribution in [0.1, 0.15) is 35.3 Å². The normalized spacial score (nSPS) is 19.6. The van der Waals surface area contributed by atoms with E-state index in [9.17, 15) is 22.8 Å². The Hall–Kier alpha value is -2.12. The van der Waals surface area contributed by atoms with Crippen molar-refractivity contribution in [3.8, 4) is 0 Å². The van der Waals surface area contributed by atoms with Crippen molar-refractivity contribution in [3.63, 3.8) is 0 Å². The second-order valence-corrected chi connectivity index (χ2v) is 4.71. The van der Waals surface area contributed by atoms with Gasteiger partial charge in [-0.2, -0.15) is 13.2 Å². The van der Waals surface area contributed by atoms with Crippen LogP contribution in [-0.2, 0) is 11.0 Å². The molecule has 0 saturated carbocycles. The van der Waals surface area contributed by atoms with Gasteiger partial charge in [0, 0.05) is 12.7 Å². The SMILES string of the molecule is O=C(NC1CCCCNC1=O)c1ncccc1C(F)(F)F.